The van der Waals surface area contributed by atoms with E-state index in [4.69, 9.17) is 9.15 Å². The predicted octanol–water partition coefficient (Wildman–Crippen LogP) is 3.09. The van der Waals surface area contributed by atoms with Gasteiger partial charge in [0, 0.05) is 18.0 Å². The van der Waals surface area contributed by atoms with E-state index < -0.39 is 5.82 Å². The van der Waals surface area contributed by atoms with Crippen molar-refractivity contribution >= 4 is 16.7 Å². The second-order valence-electron chi connectivity index (χ2n) is 5.60. The Balaban J connectivity index is 1.89. The predicted molar refractivity (Wildman–Crippen MR) is 89.7 cm³/mol. The van der Waals surface area contributed by atoms with Gasteiger partial charge in [0.15, 0.2) is 11.6 Å². The topological polar surface area (TPSA) is 63.4 Å². The van der Waals surface area contributed by atoms with Gasteiger partial charge in [0.25, 0.3) is 0 Å². The van der Waals surface area contributed by atoms with Crippen molar-refractivity contribution in [3.05, 3.63) is 48.4 Å². The maximum absolute atomic E-state index is 13.8. The van der Waals surface area contributed by atoms with Crippen LogP contribution in [-0.4, -0.2) is 42.6 Å². The number of methoxy groups -OCH3 is 1. The van der Waals surface area contributed by atoms with Crippen LogP contribution in [0.2, 0.25) is 0 Å². The number of rotatable bonds is 6. The fourth-order valence-corrected chi connectivity index (χ4v) is 2.57. The number of likely N-dealkylation sites (N-methyl/N-ethyl adjacent to an activating group) is 1. The van der Waals surface area contributed by atoms with Gasteiger partial charge in [-0.1, -0.05) is 0 Å². The highest BCUT2D eigenvalue weighted by Crippen LogP contribution is 2.28. The quantitative estimate of drug-likeness (QED) is 0.749. The molecule has 0 radical (unpaired) electrons. The SMILES string of the molecule is COc1cc2c(NCC(c3ccco3)N(C)C)ncnc2cc1F. The average molecular weight is 330 g/mol. The van der Waals surface area contributed by atoms with Crippen LogP contribution in [0, 0.1) is 5.82 Å². The smallest absolute Gasteiger partial charge is 0.167 e. The normalized spacial score (nSPS) is 12.5. The van der Waals surface area contributed by atoms with E-state index in [1.54, 1.807) is 12.3 Å². The molecule has 0 aliphatic heterocycles. The highest BCUT2D eigenvalue weighted by molar-refractivity contribution is 5.90. The standard InChI is InChI=1S/C17H19FN4O2/c1-22(2)14(15-5-4-6-24-15)9-19-17-11-7-16(23-3)12(18)8-13(11)20-10-21-17/h4-8,10,14H,9H2,1-3H3,(H,19,20,21). The molecule has 1 N–H and O–H groups in total. The first kappa shape index (κ1) is 16.2. The maximum Gasteiger partial charge on any atom is 0.167 e. The van der Waals surface area contributed by atoms with Crippen LogP contribution < -0.4 is 10.1 Å². The lowest BCUT2D eigenvalue weighted by Gasteiger charge is -2.23. The first-order valence-corrected chi connectivity index (χ1v) is 7.52. The van der Waals surface area contributed by atoms with Crippen molar-refractivity contribution in [3.63, 3.8) is 0 Å². The summed E-state index contributed by atoms with van der Waals surface area (Å²) in [4.78, 5) is 10.4. The molecule has 3 rings (SSSR count). The van der Waals surface area contributed by atoms with E-state index in [-0.39, 0.29) is 11.8 Å². The third-order valence-corrected chi connectivity index (χ3v) is 3.87. The highest BCUT2D eigenvalue weighted by Gasteiger charge is 2.18. The molecule has 0 aliphatic rings. The Kier molecular flexibility index (Phi) is 4.61. The Morgan fingerprint density at radius 3 is 2.83 bits per heavy atom. The summed E-state index contributed by atoms with van der Waals surface area (Å²) < 4.78 is 24.4. The van der Waals surface area contributed by atoms with Crippen molar-refractivity contribution in [1.82, 2.24) is 14.9 Å². The van der Waals surface area contributed by atoms with Gasteiger partial charge in [0.05, 0.1) is 24.9 Å². The molecule has 7 heteroatoms. The second kappa shape index (κ2) is 6.84. The van der Waals surface area contributed by atoms with Gasteiger partial charge in [0.1, 0.15) is 17.9 Å². The zero-order chi connectivity index (χ0) is 17.1. The van der Waals surface area contributed by atoms with Gasteiger partial charge in [0.2, 0.25) is 0 Å². The summed E-state index contributed by atoms with van der Waals surface area (Å²) in [6.45, 7) is 0.576. The molecule has 1 aromatic carbocycles. The second-order valence-corrected chi connectivity index (χ2v) is 5.60. The molecular formula is C17H19FN4O2. The molecule has 1 atom stereocenters. The maximum atomic E-state index is 13.8. The Morgan fingerprint density at radius 1 is 1.33 bits per heavy atom. The first-order chi connectivity index (χ1) is 11.6. The minimum absolute atomic E-state index is 0.0346. The van der Waals surface area contributed by atoms with Crippen LogP contribution in [0.3, 0.4) is 0 Å². The van der Waals surface area contributed by atoms with Crippen LogP contribution in [0.5, 0.6) is 5.75 Å². The molecule has 0 aliphatic carbocycles. The number of halogens is 1. The number of nitrogens with one attached hydrogen (secondary N) is 1. The monoisotopic (exact) mass is 330 g/mol. The van der Waals surface area contributed by atoms with E-state index in [1.807, 2.05) is 26.2 Å². The van der Waals surface area contributed by atoms with Gasteiger partial charge >= 0.3 is 0 Å². The Bertz CT molecular complexity index is 821. The summed E-state index contributed by atoms with van der Waals surface area (Å²) in [5.74, 6) is 1.19. The van der Waals surface area contributed by atoms with Crippen molar-refractivity contribution in [1.29, 1.82) is 0 Å². The van der Waals surface area contributed by atoms with Crippen LogP contribution in [0.25, 0.3) is 10.9 Å². The van der Waals surface area contributed by atoms with Crippen LogP contribution in [0.4, 0.5) is 10.2 Å². The molecule has 24 heavy (non-hydrogen) atoms. The van der Waals surface area contributed by atoms with Gasteiger partial charge in [-0.25, -0.2) is 14.4 Å². The molecule has 0 saturated carbocycles. The van der Waals surface area contributed by atoms with Gasteiger partial charge in [-0.3, -0.25) is 4.90 Å². The lowest BCUT2D eigenvalue weighted by atomic mass is 10.2. The number of fused-ring (bicyclic) bond motifs is 1. The molecule has 0 saturated heterocycles. The van der Waals surface area contributed by atoms with E-state index in [1.165, 1.54) is 19.5 Å². The first-order valence-electron chi connectivity index (χ1n) is 7.52. The van der Waals surface area contributed by atoms with Crippen LogP contribution in [0.1, 0.15) is 11.8 Å². The lowest BCUT2D eigenvalue weighted by Crippen LogP contribution is -2.26. The van der Waals surface area contributed by atoms with Crippen molar-refractivity contribution < 1.29 is 13.5 Å². The average Bonchev–Trinajstić information content (AvgIpc) is 3.08. The van der Waals surface area contributed by atoms with Crippen molar-refractivity contribution in [2.45, 2.75) is 6.04 Å². The molecule has 0 fully saturated rings. The van der Waals surface area contributed by atoms with E-state index in [2.05, 4.69) is 20.2 Å². The number of nitrogens with zero attached hydrogens (tertiary/aromatic N) is 3. The Labute approximate surface area is 139 Å². The van der Waals surface area contributed by atoms with Crippen molar-refractivity contribution in [3.8, 4) is 5.75 Å². The number of hydrogen-bond donors (Lipinski definition) is 1. The molecule has 1 unspecified atom stereocenters. The van der Waals surface area contributed by atoms with Gasteiger partial charge < -0.3 is 14.5 Å². The Morgan fingerprint density at radius 2 is 2.17 bits per heavy atom. The van der Waals surface area contributed by atoms with Crippen molar-refractivity contribution in [2.75, 3.05) is 33.1 Å². The minimum atomic E-state index is -0.448. The molecule has 2 heterocycles. The third kappa shape index (κ3) is 3.16. The molecular weight excluding hydrogens is 311 g/mol. The van der Waals surface area contributed by atoms with E-state index >= 15 is 0 Å². The fraction of sp³-hybridized carbons (Fsp3) is 0.294. The molecule has 3 aromatic rings. The molecule has 0 spiro atoms. The van der Waals surface area contributed by atoms with E-state index in [9.17, 15) is 4.39 Å². The molecule has 2 aromatic heterocycles. The molecule has 6 nitrogen and oxygen atoms in total. The Hall–Kier alpha value is -2.67. The van der Waals surface area contributed by atoms with Gasteiger partial charge in [-0.15, -0.1) is 0 Å². The third-order valence-electron chi connectivity index (χ3n) is 3.87. The van der Waals surface area contributed by atoms with E-state index in [0.29, 0.717) is 23.3 Å². The summed E-state index contributed by atoms with van der Waals surface area (Å²) in [6.07, 6.45) is 3.06. The van der Waals surface area contributed by atoms with Crippen LogP contribution >= 0.6 is 0 Å². The van der Waals surface area contributed by atoms with Crippen molar-refractivity contribution in [2.24, 2.45) is 0 Å². The highest BCUT2D eigenvalue weighted by atomic mass is 19.1. The largest absolute Gasteiger partial charge is 0.494 e. The summed E-state index contributed by atoms with van der Waals surface area (Å²) in [7, 11) is 5.39. The summed E-state index contributed by atoms with van der Waals surface area (Å²) in [5, 5.41) is 4.00. The lowest BCUT2D eigenvalue weighted by molar-refractivity contribution is 0.269. The minimum Gasteiger partial charge on any atom is -0.494 e. The summed E-state index contributed by atoms with van der Waals surface area (Å²) >= 11 is 0. The number of hydrogen-bond acceptors (Lipinski definition) is 6. The molecule has 0 bridgehead atoms. The molecule has 126 valence electrons. The number of furan rings is 1. The van der Waals surface area contributed by atoms with Gasteiger partial charge in [-0.2, -0.15) is 0 Å². The fourth-order valence-electron chi connectivity index (χ4n) is 2.57. The summed E-state index contributed by atoms with van der Waals surface area (Å²) in [6, 6.07) is 6.77. The number of aromatic nitrogens is 2. The van der Waals surface area contributed by atoms with Gasteiger partial charge in [-0.05, 0) is 32.3 Å². The summed E-state index contributed by atoms with van der Waals surface area (Å²) in [5.41, 5.74) is 0.519. The van der Waals surface area contributed by atoms with Crippen LogP contribution in [0.15, 0.2) is 41.3 Å². The zero-order valence-corrected chi connectivity index (χ0v) is 13.8. The number of ether oxygens (including phenoxy) is 1. The van der Waals surface area contributed by atoms with Crippen LogP contribution in [-0.2, 0) is 0 Å². The number of anilines is 1. The zero-order valence-electron chi connectivity index (χ0n) is 13.8. The van der Waals surface area contributed by atoms with E-state index in [0.717, 1.165) is 5.76 Å². The molecule has 0 amide bonds. The number of benzene rings is 1.